The molecule has 1 aromatic carbocycles. The Labute approximate surface area is 153 Å². The normalized spacial score (nSPS) is 18.8. The van der Waals surface area contributed by atoms with E-state index >= 15 is 0 Å². The third-order valence-corrected chi connectivity index (χ3v) is 3.53. The Kier molecular flexibility index (Phi) is 6.92. The molecule has 2 fully saturated rings. The molecule has 0 aromatic heterocycles. The number of halogens is 4. The molecule has 0 amide bonds. The van der Waals surface area contributed by atoms with E-state index in [0.717, 1.165) is 31.6 Å². The summed E-state index contributed by atoms with van der Waals surface area (Å²) in [5.74, 6) is -2.56. The van der Waals surface area contributed by atoms with Crippen molar-refractivity contribution in [2.45, 2.75) is 18.4 Å². The van der Waals surface area contributed by atoms with E-state index in [-0.39, 0.29) is 35.3 Å². The standard InChI is InChI=1S/C12H12F3NO.C3H9OS.HI/c13-8-5-9(14)11(10(15)6-8)16-3-1-12(2-4-16)7-17-12;1-5(2,3)4;/h5-6H,1-4,7H2;1-3H3;1H/q;+1;/p-1. The zero-order chi connectivity index (χ0) is 16.5. The highest BCUT2D eigenvalue weighted by molar-refractivity contribution is 8.00. The summed E-state index contributed by atoms with van der Waals surface area (Å²) in [6.07, 6.45) is 6.68. The summed E-state index contributed by atoms with van der Waals surface area (Å²) in [6.45, 7) is 1.83. The first-order valence-corrected chi connectivity index (χ1v) is 9.81. The summed E-state index contributed by atoms with van der Waals surface area (Å²) in [4.78, 5) is 1.62. The molecule has 0 atom stereocenters. The lowest BCUT2D eigenvalue weighted by molar-refractivity contribution is -0.00000892. The van der Waals surface area contributed by atoms with Crippen LogP contribution in [0.2, 0.25) is 0 Å². The van der Waals surface area contributed by atoms with E-state index in [1.54, 1.807) is 23.7 Å². The molecule has 0 unspecified atom stereocenters. The molecular formula is C15H21F3INO2S. The topological polar surface area (TPSA) is 32.8 Å². The number of rotatable bonds is 1. The van der Waals surface area contributed by atoms with Gasteiger partial charge in [0.2, 0.25) is 0 Å². The fraction of sp³-hybridized carbons (Fsp3) is 0.600. The second kappa shape index (κ2) is 7.69. The Morgan fingerprint density at radius 2 is 1.48 bits per heavy atom. The van der Waals surface area contributed by atoms with Crippen LogP contribution in [0.25, 0.3) is 0 Å². The summed E-state index contributed by atoms with van der Waals surface area (Å²) in [7, 11) is -1.42. The van der Waals surface area contributed by atoms with Crippen LogP contribution in [-0.4, -0.2) is 44.1 Å². The van der Waals surface area contributed by atoms with Crippen molar-refractivity contribution in [3.63, 3.8) is 0 Å². The van der Waals surface area contributed by atoms with Crippen molar-refractivity contribution in [1.29, 1.82) is 0 Å². The maximum Gasteiger partial charge on any atom is 0.152 e. The first-order chi connectivity index (χ1) is 10.1. The lowest BCUT2D eigenvalue weighted by Crippen LogP contribution is -3.00. The van der Waals surface area contributed by atoms with Gasteiger partial charge in [0.15, 0.2) is 11.6 Å². The monoisotopic (exact) mass is 463 g/mol. The first kappa shape index (κ1) is 20.7. The summed E-state index contributed by atoms with van der Waals surface area (Å²) in [6, 6.07) is 1.44. The minimum absolute atomic E-state index is 0. The Morgan fingerprint density at radius 1 is 1.09 bits per heavy atom. The number of benzene rings is 1. The van der Waals surface area contributed by atoms with Gasteiger partial charge in [-0.05, 0) is 12.8 Å². The quantitative estimate of drug-likeness (QED) is 0.330. The molecular weight excluding hydrogens is 442 g/mol. The van der Waals surface area contributed by atoms with Crippen LogP contribution in [0.1, 0.15) is 12.8 Å². The predicted octanol–water partition coefficient (Wildman–Crippen LogP) is -0.148. The molecule has 0 radical (unpaired) electrons. The van der Waals surface area contributed by atoms with Crippen molar-refractivity contribution in [3.05, 3.63) is 29.6 Å². The van der Waals surface area contributed by atoms with Crippen LogP contribution in [-0.2, 0) is 18.9 Å². The smallest absolute Gasteiger partial charge is 0.152 e. The second-order valence-electron chi connectivity index (χ2n) is 6.40. The number of hydrogen-bond donors (Lipinski definition) is 0. The van der Waals surface area contributed by atoms with E-state index in [4.69, 9.17) is 4.74 Å². The van der Waals surface area contributed by atoms with Gasteiger partial charge in [-0.15, -0.1) is 4.21 Å². The molecule has 2 heterocycles. The number of hydrogen-bond acceptors (Lipinski definition) is 3. The Balaban J connectivity index is 0.000000390. The van der Waals surface area contributed by atoms with E-state index in [0.29, 0.717) is 13.1 Å². The molecule has 0 N–H and O–H groups in total. The number of epoxide rings is 1. The lowest BCUT2D eigenvalue weighted by Gasteiger charge is -2.32. The molecule has 2 aliphatic heterocycles. The molecule has 132 valence electrons. The van der Waals surface area contributed by atoms with Gasteiger partial charge in [0.05, 0.1) is 22.1 Å². The highest BCUT2D eigenvalue weighted by atomic mass is 127. The molecule has 0 bridgehead atoms. The second-order valence-corrected chi connectivity index (χ2v) is 9.85. The minimum Gasteiger partial charge on any atom is -1.00 e. The van der Waals surface area contributed by atoms with Crippen molar-refractivity contribution in [3.8, 4) is 0 Å². The summed E-state index contributed by atoms with van der Waals surface area (Å²) >= 11 is 0. The summed E-state index contributed by atoms with van der Waals surface area (Å²) in [5.41, 5.74) is -0.161. The van der Waals surface area contributed by atoms with E-state index in [1.807, 2.05) is 0 Å². The lowest BCUT2D eigenvalue weighted by atomic mass is 9.97. The van der Waals surface area contributed by atoms with Gasteiger partial charge >= 0.3 is 0 Å². The van der Waals surface area contributed by atoms with E-state index in [2.05, 4.69) is 0 Å². The van der Waals surface area contributed by atoms with E-state index in [1.165, 1.54) is 0 Å². The molecule has 3 rings (SSSR count). The van der Waals surface area contributed by atoms with Crippen LogP contribution in [0.3, 0.4) is 0 Å². The number of anilines is 1. The van der Waals surface area contributed by atoms with Crippen LogP contribution in [0, 0.1) is 17.5 Å². The van der Waals surface area contributed by atoms with Crippen LogP contribution < -0.4 is 28.9 Å². The molecule has 2 saturated heterocycles. The zero-order valence-corrected chi connectivity index (χ0v) is 16.3. The number of nitrogens with zero attached hydrogens (tertiary/aromatic N) is 1. The van der Waals surface area contributed by atoms with Crippen molar-refractivity contribution in [2.24, 2.45) is 0 Å². The Morgan fingerprint density at radius 3 is 1.83 bits per heavy atom. The molecule has 1 spiro atoms. The highest BCUT2D eigenvalue weighted by Crippen LogP contribution is 2.39. The minimum atomic E-state index is -1.42. The fourth-order valence-electron chi connectivity index (χ4n) is 2.37. The SMILES string of the molecule is C[S+](C)(C)=O.Fc1cc(F)c(N2CCC3(CC2)CO3)c(F)c1.[I-]. The fourth-order valence-corrected chi connectivity index (χ4v) is 2.37. The predicted molar refractivity (Wildman–Crippen MR) is 82.3 cm³/mol. The molecule has 8 heteroatoms. The van der Waals surface area contributed by atoms with Crippen molar-refractivity contribution in [2.75, 3.05) is 43.4 Å². The van der Waals surface area contributed by atoms with Crippen LogP contribution in [0.4, 0.5) is 18.9 Å². The van der Waals surface area contributed by atoms with E-state index < -0.39 is 27.4 Å². The van der Waals surface area contributed by atoms with Gasteiger partial charge in [-0.2, -0.15) is 0 Å². The molecule has 1 aromatic rings. The van der Waals surface area contributed by atoms with Gasteiger partial charge in [-0.1, -0.05) is 0 Å². The zero-order valence-electron chi connectivity index (χ0n) is 13.4. The maximum absolute atomic E-state index is 13.6. The van der Waals surface area contributed by atoms with E-state index in [9.17, 15) is 17.4 Å². The third-order valence-electron chi connectivity index (χ3n) is 3.53. The molecule has 2 aliphatic rings. The van der Waals surface area contributed by atoms with Crippen LogP contribution >= 0.6 is 0 Å². The first-order valence-electron chi connectivity index (χ1n) is 7.02. The molecule has 0 aliphatic carbocycles. The summed E-state index contributed by atoms with van der Waals surface area (Å²) in [5, 5.41) is 0. The summed E-state index contributed by atoms with van der Waals surface area (Å²) < 4.78 is 55.4. The average Bonchev–Trinajstić information content (AvgIpc) is 3.08. The van der Waals surface area contributed by atoms with Crippen LogP contribution in [0.5, 0.6) is 0 Å². The van der Waals surface area contributed by atoms with Gasteiger partial charge in [0, 0.05) is 25.2 Å². The number of ether oxygens (including phenoxy) is 1. The van der Waals surface area contributed by atoms with Crippen molar-refractivity contribution in [1.82, 2.24) is 0 Å². The number of piperidine rings is 1. The highest BCUT2D eigenvalue weighted by Gasteiger charge is 2.47. The van der Waals surface area contributed by atoms with Gasteiger partial charge in [-0.3, -0.25) is 0 Å². The maximum atomic E-state index is 13.6. The Hall–Kier alpha value is -0.350. The van der Waals surface area contributed by atoms with Crippen molar-refractivity contribution < 1.29 is 46.1 Å². The molecule has 23 heavy (non-hydrogen) atoms. The van der Waals surface area contributed by atoms with Crippen LogP contribution in [0.15, 0.2) is 12.1 Å². The molecule has 0 saturated carbocycles. The largest absolute Gasteiger partial charge is 1.00 e. The Bertz CT molecular complexity index is 563. The van der Waals surface area contributed by atoms with Gasteiger partial charge in [0.1, 0.15) is 30.3 Å². The van der Waals surface area contributed by atoms with Gasteiger partial charge < -0.3 is 33.6 Å². The third kappa shape index (κ3) is 6.22. The van der Waals surface area contributed by atoms with Gasteiger partial charge in [-0.25, -0.2) is 13.2 Å². The molecule has 3 nitrogen and oxygen atoms in total. The average molecular weight is 463 g/mol. The van der Waals surface area contributed by atoms with Gasteiger partial charge in [0.25, 0.3) is 0 Å². The van der Waals surface area contributed by atoms with Crippen molar-refractivity contribution >= 4 is 15.6 Å².